The van der Waals surface area contributed by atoms with E-state index in [-0.39, 0.29) is 31.5 Å². The lowest BCUT2D eigenvalue weighted by Crippen LogP contribution is -2.40. The van der Waals surface area contributed by atoms with Crippen LogP contribution in [0.15, 0.2) is 17.0 Å². The van der Waals surface area contributed by atoms with Crippen LogP contribution in [0.3, 0.4) is 0 Å². The molecular formula is C13H12F2N2O4S. The van der Waals surface area contributed by atoms with Gasteiger partial charge in [0.25, 0.3) is 0 Å². The Labute approximate surface area is 125 Å². The number of nitrogens with zero attached hydrogens (tertiary/aromatic N) is 2. The summed E-state index contributed by atoms with van der Waals surface area (Å²) in [6.07, 6.45) is 0.155. The number of halogens is 2. The van der Waals surface area contributed by atoms with Crippen LogP contribution in [0.4, 0.5) is 8.78 Å². The zero-order valence-electron chi connectivity index (χ0n) is 11.3. The summed E-state index contributed by atoms with van der Waals surface area (Å²) < 4.78 is 53.2. The van der Waals surface area contributed by atoms with Crippen LogP contribution in [-0.2, 0) is 14.8 Å². The Kier molecular flexibility index (Phi) is 4.44. The summed E-state index contributed by atoms with van der Waals surface area (Å²) in [5.74, 6) is -4.36. The van der Waals surface area contributed by atoms with Crippen LogP contribution in [-0.4, -0.2) is 36.9 Å². The molecule has 22 heavy (non-hydrogen) atoms. The number of carboxylic acid groups (broad SMARTS) is 1. The van der Waals surface area contributed by atoms with E-state index < -0.39 is 38.4 Å². The Hall–Kier alpha value is -2.05. The average Bonchev–Trinajstić information content (AvgIpc) is 2.46. The number of carbonyl (C=O) groups is 1. The van der Waals surface area contributed by atoms with Gasteiger partial charge in [-0.1, -0.05) is 0 Å². The van der Waals surface area contributed by atoms with Gasteiger partial charge in [0.05, 0.1) is 17.6 Å². The van der Waals surface area contributed by atoms with Gasteiger partial charge in [0.1, 0.15) is 11.6 Å². The fraction of sp³-hybridized carbons (Fsp3) is 0.385. The fourth-order valence-corrected chi connectivity index (χ4v) is 3.90. The molecule has 0 aromatic heterocycles. The van der Waals surface area contributed by atoms with Crippen LogP contribution in [0, 0.1) is 28.9 Å². The maximum Gasteiger partial charge on any atom is 0.306 e. The molecule has 0 radical (unpaired) electrons. The predicted octanol–water partition coefficient (Wildman–Crippen LogP) is 1.32. The second-order valence-corrected chi connectivity index (χ2v) is 6.77. The third-order valence-corrected chi connectivity index (χ3v) is 5.48. The van der Waals surface area contributed by atoms with E-state index in [0.717, 1.165) is 4.31 Å². The third-order valence-electron chi connectivity index (χ3n) is 3.53. The van der Waals surface area contributed by atoms with E-state index in [2.05, 4.69) is 0 Å². The van der Waals surface area contributed by atoms with Crippen LogP contribution in [0.1, 0.15) is 18.4 Å². The number of sulfonamides is 1. The number of benzene rings is 1. The van der Waals surface area contributed by atoms with E-state index in [4.69, 9.17) is 10.4 Å². The summed E-state index contributed by atoms with van der Waals surface area (Å²) in [5, 5.41) is 17.5. The average molecular weight is 330 g/mol. The molecule has 0 aliphatic carbocycles. The zero-order chi connectivity index (χ0) is 16.5. The first-order valence-electron chi connectivity index (χ1n) is 6.39. The minimum atomic E-state index is -4.42. The number of hydrogen-bond acceptors (Lipinski definition) is 4. The highest BCUT2D eigenvalue weighted by atomic mass is 32.2. The molecule has 1 aromatic rings. The number of hydrogen-bond donors (Lipinski definition) is 1. The van der Waals surface area contributed by atoms with E-state index in [1.54, 1.807) is 0 Å². The lowest BCUT2D eigenvalue weighted by atomic mass is 9.99. The molecule has 9 heteroatoms. The van der Waals surface area contributed by atoms with Gasteiger partial charge in [-0.05, 0) is 25.0 Å². The molecular weight excluding hydrogens is 318 g/mol. The molecule has 0 atom stereocenters. The molecule has 1 N–H and O–H groups in total. The molecule has 1 aliphatic heterocycles. The highest BCUT2D eigenvalue weighted by Gasteiger charge is 2.35. The van der Waals surface area contributed by atoms with Crippen LogP contribution < -0.4 is 0 Å². The fourth-order valence-electron chi connectivity index (χ4n) is 2.34. The quantitative estimate of drug-likeness (QED) is 0.901. The monoisotopic (exact) mass is 330 g/mol. The molecule has 1 aromatic carbocycles. The Morgan fingerprint density at radius 2 is 1.77 bits per heavy atom. The second kappa shape index (κ2) is 5.98. The van der Waals surface area contributed by atoms with Crippen LogP contribution in [0.2, 0.25) is 0 Å². The Balaban J connectivity index is 2.33. The van der Waals surface area contributed by atoms with Crippen molar-refractivity contribution in [3.63, 3.8) is 0 Å². The van der Waals surface area contributed by atoms with Gasteiger partial charge in [-0.2, -0.15) is 9.57 Å². The van der Waals surface area contributed by atoms with Gasteiger partial charge in [-0.25, -0.2) is 17.2 Å². The molecule has 0 unspecified atom stereocenters. The topological polar surface area (TPSA) is 98.5 Å². The summed E-state index contributed by atoms with van der Waals surface area (Å²) in [6.45, 7) is -0.254. The van der Waals surface area contributed by atoms with Gasteiger partial charge < -0.3 is 5.11 Å². The van der Waals surface area contributed by atoms with Crippen molar-refractivity contribution in [1.82, 2.24) is 4.31 Å². The molecule has 1 heterocycles. The highest BCUT2D eigenvalue weighted by molar-refractivity contribution is 7.89. The van der Waals surface area contributed by atoms with E-state index in [1.165, 1.54) is 6.07 Å². The molecule has 0 saturated carbocycles. The standard InChI is InChI=1S/C13H12F2N2O4S/c14-10-5-8(7-16)6-11(15)12(10)22(20,21)17-3-1-9(2-4-17)13(18)19/h5-6,9H,1-4H2,(H,18,19). The highest BCUT2D eigenvalue weighted by Crippen LogP contribution is 2.28. The smallest absolute Gasteiger partial charge is 0.306 e. The Bertz CT molecular complexity index is 727. The number of aliphatic carboxylic acids is 1. The number of nitriles is 1. The Morgan fingerprint density at radius 3 is 2.18 bits per heavy atom. The molecule has 118 valence electrons. The van der Waals surface area contributed by atoms with E-state index in [9.17, 15) is 22.0 Å². The minimum Gasteiger partial charge on any atom is -0.481 e. The minimum absolute atomic E-state index is 0.0775. The number of carboxylic acids is 1. The van der Waals surface area contributed by atoms with Crippen molar-refractivity contribution in [2.24, 2.45) is 5.92 Å². The van der Waals surface area contributed by atoms with Gasteiger partial charge in [0.2, 0.25) is 10.0 Å². The van der Waals surface area contributed by atoms with Crippen molar-refractivity contribution in [1.29, 1.82) is 5.26 Å². The summed E-state index contributed by atoms with van der Waals surface area (Å²) in [5.41, 5.74) is -0.321. The Morgan fingerprint density at radius 1 is 1.27 bits per heavy atom. The summed E-state index contributed by atoms with van der Waals surface area (Å²) >= 11 is 0. The molecule has 1 saturated heterocycles. The third kappa shape index (κ3) is 2.93. The second-order valence-electron chi connectivity index (χ2n) is 4.90. The number of rotatable bonds is 3. The van der Waals surface area contributed by atoms with Crippen LogP contribution in [0.25, 0.3) is 0 Å². The van der Waals surface area contributed by atoms with Gasteiger partial charge in [-0.15, -0.1) is 0 Å². The lowest BCUT2D eigenvalue weighted by molar-refractivity contribution is -0.142. The molecule has 0 bridgehead atoms. The molecule has 1 aliphatic rings. The maximum absolute atomic E-state index is 13.9. The molecule has 6 nitrogen and oxygen atoms in total. The van der Waals surface area contributed by atoms with Gasteiger partial charge >= 0.3 is 5.97 Å². The molecule has 2 rings (SSSR count). The van der Waals surface area contributed by atoms with E-state index in [0.29, 0.717) is 12.1 Å². The van der Waals surface area contributed by atoms with E-state index >= 15 is 0 Å². The predicted molar refractivity (Wildman–Crippen MR) is 70.2 cm³/mol. The van der Waals surface area contributed by atoms with Crippen molar-refractivity contribution in [3.8, 4) is 6.07 Å². The van der Waals surface area contributed by atoms with Crippen LogP contribution >= 0.6 is 0 Å². The van der Waals surface area contributed by atoms with Crippen LogP contribution in [0.5, 0.6) is 0 Å². The maximum atomic E-state index is 13.9. The van der Waals surface area contributed by atoms with Gasteiger partial charge in [0, 0.05) is 13.1 Å². The molecule has 1 fully saturated rings. The van der Waals surface area contributed by atoms with Gasteiger partial charge in [0.15, 0.2) is 4.90 Å². The summed E-state index contributed by atoms with van der Waals surface area (Å²) in [7, 11) is -4.42. The molecule has 0 amide bonds. The lowest BCUT2D eigenvalue weighted by Gasteiger charge is -2.29. The van der Waals surface area contributed by atoms with E-state index in [1.807, 2.05) is 0 Å². The van der Waals surface area contributed by atoms with Gasteiger partial charge in [-0.3, -0.25) is 4.79 Å². The van der Waals surface area contributed by atoms with Crippen molar-refractivity contribution < 1.29 is 27.1 Å². The largest absolute Gasteiger partial charge is 0.481 e. The first kappa shape index (κ1) is 16.3. The van der Waals surface area contributed by atoms with Crippen molar-refractivity contribution in [2.75, 3.05) is 13.1 Å². The summed E-state index contributed by atoms with van der Waals surface area (Å²) in [6, 6.07) is 2.84. The van der Waals surface area contributed by atoms with Crippen molar-refractivity contribution >= 4 is 16.0 Å². The zero-order valence-corrected chi connectivity index (χ0v) is 12.1. The first-order chi connectivity index (χ1) is 10.3. The number of piperidine rings is 1. The normalized spacial score (nSPS) is 17.1. The first-order valence-corrected chi connectivity index (χ1v) is 7.83. The summed E-state index contributed by atoms with van der Waals surface area (Å²) in [4.78, 5) is 9.73. The molecule has 0 spiro atoms. The van der Waals surface area contributed by atoms with Crippen molar-refractivity contribution in [3.05, 3.63) is 29.3 Å². The SMILES string of the molecule is N#Cc1cc(F)c(S(=O)(=O)N2CCC(C(=O)O)CC2)c(F)c1. The van der Waals surface area contributed by atoms with Crippen molar-refractivity contribution in [2.45, 2.75) is 17.7 Å².